The number of hydrogen-bond donors (Lipinski definition) is 2. The van der Waals surface area contributed by atoms with Gasteiger partial charge in [-0.25, -0.2) is 9.50 Å². The summed E-state index contributed by atoms with van der Waals surface area (Å²) in [6.07, 6.45) is 3.48. The molecule has 2 N–H and O–H groups in total. The van der Waals surface area contributed by atoms with Gasteiger partial charge in [0.1, 0.15) is 5.52 Å². The van der Waals surface area contributed by atoms with E-state index in [1.165, 1.54) is 0 Å². The molecule has 0 atom stereocenters. The molecule has 6 nitrogen and oxygen atoms in total. The van der Waals surface area contributed by atoms with Crippen molar-refractivity contribution >= 4 is 17.2 Å². The Kier molecular flexibility index (Phi) is 4.22. The van der Waals surface area contributed by atoms with E-state index in [1.54, 1.807) is 16.9 Å². The lowest BCUT2D eigenvalue weighted by Gasteiger charge is -2.10. The average molecular weight is 275 g/mol. The van der Waals surface area contributed by atoms with E-state index in [0.717, 1.165) is 11.2 Å². The monoisotopic (exact) mass is 275 g/mol. The van der Waals surface area contributed by atoms with Gasteiger partial charge in [0.2, 0.25) is 5.91 Å². The molecule has 2 aromatic rings. The maximum Gasteiger partial charge on any atom is 0.239 e. The van der Waals surface area contributed by atoms with Crippen LogP contribution in [0.15, 0.2) is 18.5 Å². The van der Waals surface area contributed by atoms with Crippen molar-refractivity contribution in [2.24, 2.45) is 0 Å². The standard InChI is InChI=1S/C14H21N5O/c1-9(2)11-7-12-14(15-5-6-19(12)18-11)16-8-13(20)17-10(3)4/h5-7,9-10H,8H2,1-4H3,(H,15,16)(H,17,20). The molecule has 0 aliphatic rings. The quantitative estimate of drug-likeness (QED) is 0.872. The maximum absolute atomic E-state index is 11.7. The third kappa shape index (κ3) is 3.26. The molecule has 2 heterocycles. The number of nitrogens with zero attached hydrogens (tertiary/aromatic N) is 3. The Bertz CT molecular complexity index is 603. The van der Waals surface area contributed by atoms with Crippen LogP contribution in [0.25, 0.3) is 5.52 Å². The second-order valence-corrected chi connectivity index (χ2v) is 5.41. The molecule has 6 heteroatoms. The molecule has 20 heavy (non-hydrogen) atoms. The van der Waals surface area contributed by atoms with Gasteiger partial charge in [0, 0.05) is 18.4 Å². The molecule has 0 aromatic carbocycles. The maximum atomic E-state index is 11.7. The number of carbonyl (C=O) groups is 1. The summed E-state index contributed by atoms with van der Waals surface area (Å²) in [7, 11) is 0. The Hall–Kier alpha value is -2.11. The zero-order chi connectivity index (χ0) is 14.7. The number of carbonyl (C=O) groups excluding carboxylic acids is 1. The van der Waals surface area contributed by atoms with E-state index in [4.69, 9.17) is 0 Å². The normalized spacial score (nSPS) is 11.3. The third-order valence-corrected chi connectivity index (χ3v) is 2.87. The molecule has 0 bridgehead atoms. The van der Waals surface area contributed by atoms with E-state index >= 15 is 0 Å². The molecular weight excluding hydrogens is 254 g/mol. The van der Waals surface area contributed by atoms with Gasteiger partial charge in [-0.3, -0.25) is 4.79 Å². The van der Waals surface area contributed by atoms with Crippen molar-refractivity contribution in [1.82, 2.24) is 19.9 Å². The molecule has 0 spiro atoms. The zero-order valence-electron chi connectivity index (χ0n) is 12.3. The molecule has 0 saturated carbocycles. The Labute approximate surface area is 118 Å². The van der Waals surface area contributed by atoms with Gasteiger partial charge in [-0.2, -0.15) is 5.10 Å². The fourth-order valence-corrected chi connectivity index (χ4v) is 1.90. The van der Waals surface area contributed by atoms with Crippen LogP contribution in [-0.4, -0.2) is 33.1 Å². The lowest BCUT2D eigenvalue weighted by atomic mass is 10.1. The van der Waals surface area contributed by atoms with Crippen LogP contribution in [0.2, 0.25) is 0 Å². The summed E-state index contributed by atoms with van der Waals surface area (Å²) in [6, 6.07) is 2.14. The smallest absolute Gasteiger partial charge is 0.239 e. The lowest BCUT2D eigenvalue weighted by molar-refractivity contribution is -0.119. The summed E-state index contributed by atoms with van der Waals surface area (Å²) in [5.41, 5.74) is 1.89. The van der Waals surface area contributed by atoms with E-state index in [0.29, 0.717) is 11.7 Å². The molecule has 2 aromatic heterocycles. The summed E-state index contributed by atoms with van der Waals surface area (Å²) < 4.78 is 1.78. The second-order valence-electron chi connectivity index (χ2n) is 5.41. The van der Waals surface area contributed by atoms with Crippen molar-refractivity contribution in [3.05, 3.63) is 24.2 Å². The van der Waals surface area contributed by atoms with Crippen LogP contribution in [0.1, 0.15) is 39.3 Å². The van der Waals surface area contributed by atoms with E-state index in [-0.39, 0.29) is 18.5 Å². The number of aromatic nitrogens is 3. The minimum atomic E-state index is -0.0487. The van der Waals surface area contributed by atoms with Crippen molar-refractivity contribution in [2.45, 2.75) is 39.7 Å². The Morgan fingerprint density at radius 3 is 2.75 bits per heavy atom. The van der Waals surface area contributed by atoms with Gasteiger partial charge < -0.3 is 10.6 Å². The SMILES string of the molecule is CC(C)NC(=O)CNc1nccn2nc(C(C)C)cc12. The minimum absolute atomic E-state index is 0.0487. The Balaban J connectivity index is 2.15. The highest BCUT2D eigenvalue weighted by molar-refractivity contribution is 5.82. The van der Waals surface area contributed by atoms with E-state index in [1.807, 2.05) is 19.9 Å². The van der Waals surface area contributed by atoms with Gasteiger partial charge in [0.15, 0.2) is 5.82 Å². The fourth-order valence-electron chi connectivity index (χ4n) is 1.90. The first-order chi connectivity index (χ1) is 9.47. The number of hydrogen-bond acceptors (Lipinski definition) is 4. The van der Waals surface area contributed by atoms with Crippen molar-refractivity contribution in [1.29, 1.82) is 0 Å². The van der Waals surface area contributed by atoms with Gasteiger partial charge in [-0.05, 0) is 25.8 Å². The molecular formula is C14H21N5O. The highest BCUT2D eigenvalue weighted by Crippen LogP contribution is 2.19. The predicted octanol–water partition coefficient (Wildman–Crippen LogP) is 1.79. The summed E-state index contributed by atoms with van der Waals surface area (Å²) in [6.45, 7) is 8.26. The highest BCUT2D eigenvalue weighted by atomic mass is 16.1. The Morgan fingerprint density at radius 1 is 1.35 bits per heavy atom. The lowest BCUT2D eigenvalue weighted by Crippen LogP contribution is -2.35. The third-order valence-electron chi connectivity index (χ3n) is 2.87. The van der Waals surface area contributed by atoms with Crippen LogP contribution in [-0.2, 0) is 4.79 Å². The molecule has 2 rings (SSSR count). The van der Waals surface area contributed by atoms with Crippen molar-refractivity contribution in [3.63, 3.8) is 0 Å². The topological polar surface area (TPSA) is 71.3 Å². The molecule has 0 unspecified atom stereocenters. The van der Waals surface area contributed by atoms with E-state index < -0.39 is 0 Å². The van der Waals surface area contributed by atoms with Crippen LogP contribution in [0.4, 0.5) is 5.82 Å². The number of amides is 1. The van der Waals surface area contributed by atoms with Gasteiger partial charge in [0.25, 0.3) is 0 Å². The van der Waals surface area contributed by atoms with Gasteiger partial charge in [-0.15, -0.1) is 0 Å². The van der Waals surface area contributed by atoms with Crippen LogP contribution in [0, 0.1) is 0 Å². The van der Waals surface area contributed by atoms with Crippen LogP contribution in [0.3, 0.4) is 0 Å². The van der Waals surface area contributed by atoms with Crippen LogP contribution in [0.5, 0.6) is 0 Å². The molecule has 1 amide bonds. The molecule has 0 aliphatic carbocycles. The van der Waals surface area contributed by atoms with Gasteiger partial charge >= 0.3 is 0 Å². The first-order valence-corrected chi connectivity index (χ1v) is 6.85. The predicted molar refractivity (Wildman–Crippen MR) is 78.8 cm³/mol. The van der Waals surface area contributed by atoms with Gasteiger partial charge in [-0.1, -0.05) is 13.8 Å². The van der Waals surface area contributed by atoms with Gasteiger partial charge in [0.05, 0.1) is 12.2 Å². The zero-order valence-corrected chi connectivity index (χ0v) is 12.3. The van der Waals surface area contributed by atoms with Crippen molar-refractivity contribution in [3.8, 4) is 0 Å². The molecule has 0 aliphatic heterocycles. The second kappa shape index (κ2) is 5.90. The van der Waals surface area contributed by atoms with E-state index in [2.05, 4.69) is 34.6 Å². The largest absolute Gasteiger partial charge is 0.359 e. The first-order valence-electron chi connectivity index (χ1n) is 6.85. The van der Waals surface area contributed by atoms with Crippen LogP contribution >= 0.6 is 0 Å². The average Bonchev–Trinajstić information content (AvgIpc) is 2.80. The van der Waals surface area contributed by atoms with E-state index in [9.17, 15) is 4.79 Å². The fraction of sp³-hybridized carbons (Fsp3) is 0.500. The summed E-state index contributed by atoms with van der Waals surface area (Å²) in [4.78, 5) is 15.9. The number of rotatable bonds is 5. The molecule has 0 radical (unpaired) electrons. The van der Waals surface area contributed by atoms with Crippen LogP contribution < -0.4 is 10.6 Å². The molecule has 0 saturated heterocycles. The minimum Gasteiger partial charge on any atom is -0.359 e. The summed E-state index contributed by atoms with van der Waals surface area (Å²) in [5, 5.41) is 10.4. The summed E-state index contributed by atoms with van der Waals surface area (Å²) >= 11 is 0. The summed E-state index contributed by atoms with van der Waals surface area (Å²) in [5.74, 6) is 0.977. The first kappa shape index (κ1) is 14.3. The highest BCUT2D eigenvalue weighted by Gasteiger charge is 2.10. The molecule has 0 fully saturated rings. The number of fused-ring (bicyclic) bond motifs is 1. The number of anilines is 1. The Morgan fingerprint density at radius 2 is 2.10 bits per heavy atom. The number of nitrogens with one attached hydrogen (secondary N) is 2. The molecule has 108 valence electrons. The van der Waals surface area contributed by atoms with Crippen molar-refractivity contribution in [2.75, 3.05) is 11.9 Å². The van der Waals surface area contributed by atoms with Crippen molar-refractivity contribution < 1.29 is 4.79 Å².